The van der Waals surface area contributed by atoms with Gasteiger partial charge in [-0.05, 0) is 77.3 Å². The van der Waals surface area contributed by atoms with E-state index in [-0.39, 0.29) is 5.97 Å². The Morgan fingerprint density at radius 1 is 1.19 bits per heavy atom. The van der Waals surface area contributed by atoms with Crippen molar-refractivity contribution < 1.29 is 14.3 Å². The standard InChI is InChI=1S/C21H27N3O3/c1-13-16(20(25)27-21(2,3)4)7-8-18(22-13)24-10-9-19(23-24)26-17-12-14-5-6-15(17)11-14/h7-10,14-15,17H,5-6,11-12H2,1-4H3/t14-,15+,17?/m0/s1. The Kier molecular flexibility index (Phi) is 4.44. The van der Waals surface area contributed by atoms with Crippen LogP contribution in [0, 0.1) is 18.8 Å². The van der Waals surface area contributed by atoms with Crippen LogP contribution in [0.25, 0.3) is 5.82 Å². The molecule has 2 heterocycles. The summed E-state index contributed by atoms with van der Waals surface area (Å²) in [5.41, 5.74) is 0.558. The molecule has 3 atom stereocenters. The van der Waals surface area contributed by atoms with Gasteiger partial charge in [-0.3, -0.25) is 0 Å². The number of fused-ring (bicyclic) bond motifs is 2. The smallest absolute Gasteiger partial charge is 0.340 e. The van der Waals surface area contributed by atoms with Gasteiger partial charge in [0.15, 0.2) is 5.82 Å². The van der Waals surface area contributed by atoms with Crippen molar-refractivity contribution in [3.05, 3.63) is 35.7 Å². The first-order chi connectivity index (χ1) is 12.8. The summed E-state index contributed by atoms with van der Waals surface area (Å²) in [5, 5.41) is 4.52. The van der Waals surface area contributed by atoms with Crippen LogP contribution in [-0.2, 0) is 4.74 Å². The number of nitrogens with zero attached hydrogens (tertiary/aromatic N) is 3. The maximum atomic E-state index is 12.3. The number of rotatable bonds is 4. The second kappa shape index (κ2) is 6.66. The number of carbonyl (C=O) groups excluding carboxylic acids is 1. The molecule has 0 amide bonds. The fourth-order valence-corrected chi connectivity index (χ4v) is 4.21. The van der Waals surface area contributed by atoms with Gasteiger partial charge in [0.1, 0.15) is 11.7 Å². The summed E-state index contributed by atoms with van der Waals surface area (Å²) < 4.78 is 13.2. The van der Waals surface area contributed by atoms with Crippen molar-refractivity contribution in [2.45, 2.75) is 65.1 Å². The Morgan fingerprint density at radius 3 is 2.63 bits per heavy atom. The van der Waals surface area contributed by atoms with Crippen LogP contribution in [0.3, 0.4) is 0 Å². The average Bonchev–Trinajstić information content (AvgIpc) is 3.29. The van der Waals surface area contributed by atoms with Crippen LogP contribution in [0.2, 0.25) is 0 Å². The zero-order chi connectivity index (χ0) is 19.2. The third-order valence-electron chi connectivity index (χ3n) is 5.43. The van der Waals surface area contributed by atoms with E-state index in [4.69, 9.17) is 9.47 Å². The van der Waals surface area contributed by atoms with Crippen LogP contribution in [0.4, 0.5) is 0 Å². The maximum Gasteiger partial charge on any atom is 0.340 e. The number of carbonyl (C=O) groups is 1. The summed E-state index contributed by atoms with van der Waals surface area (Å²) >= 11 is 0. The summed E-state index contributed by atoms with van der Waals surface area (Å²) in [5.74, 6) is 2.46. The molecule has 0 N–H and O–H groups in total. The number of esters is 1. The van der Waals surface area contributed by atoms with Crippen molar-refractivity contribution in [3.63, 3.8) is 0 Å². The highest BCUT2D eigenvalue weighted by Crippen LogP contribution is 2.45. The van der Waals surface area contributed by atoms with Crippen LogP contribution in [0.15, 0.2) is 24.4 Å². The van der Waals surface area contributed by atoms with E-state index in [2.05, 4.69) is 10.1 Å². The number of aromatic nitrogens is 3. The topological polar surface area (TPSA) is 66.2 Å². The van der Waals surface area contributed by atoms with Gasteiger partial charge in [0.05, 0.1) is 11.3 Å². The number of pyridine rings is 1. The van der Waals surface area contributed by atoms with Gasteiger partial charge < -0.3 is 9.47 Å². The van der Waals surface area contributed by atoms with E-state index in [1.807, 2.05) is 33.0 Å². The lowest BCUT2D eigenvalue weighted by Crippen LogP contribution is -2.24. The third kappa shape index (κ3) is 3.84. The highest BCUT2D eigenvalue weighted by molar-refractivity contribution is 5.90. The van der Waals surface area contributed by atoms with E-state index in [1.165, 1.54) is 19.3 Å². The normalized spacial score (nSPS) is 24.2. The molecular formula is C21H27N3O3. The third-order valence-corrected chi connectivity index (χ3v) is 5.43. The molecule has 0 aromatic carbocycles. The zero-order valence-corrected chi connectivity index (χ0v) is 16.4. The molecule has 2 aromatic rings. The number of hydrogen-bond donors (Lipinski definition) is 0. The molecule has 144 valence electrons. The van der Waals surface area contributed by atoms with Gasteiger partial charge in [0.2, 0.25) is 5.88 Å². The Morgan fingerprint density at radius 2 is 2.00 bits per heavy atom. The predicted molar refractivity (Wildman–Crippen MR) is 101 cm³/mol. The van der Waals surface area contributed by atoms with Crippen molar-refractivity contribution in [2.24, 2.45) is 11.8 Å². The second-order valence-corrected chi connectivity index (χ2v) is 8.73. The molecular weight excluding hydrogens is 342 g/mol. The molecule has 2 bridgehead atoms. The summed E-state index contributed by atoms with van der Waals surface area (Å²) in [6, 6.07) is 5.40. The second-order valence-electron chi connectivity index (χ2n) is 8.73. The van der Waals surface area contributed by atoms with Gasteiger partial charge in [0, 0.05) is 12.3 Å². The zero-order valence-electron chi connectivity index (χ0n) is 16.4. The fraction of sp³-hybridized carbons (Fsp3) is 0.571. The lowest BCUT2D eigenvalue weighted by Gasteiger charge is -2.21. The van der Waals surface area contributed by atoms with E-state index >= 15 is 0 Å². The SMILES string of the molecule is Cc1nc(-n2ccc(OC3C[C@H]4CC[C@@H]3C4)n2)ccc1C(=O)OC(C)(C)C. The Balaban J connectivity index is 1.47. The van der Waals surface area contributed by atoms with E-state index in [0.717, 1.165) is 12.3 Å². The quantitative estimate of drug-likeness (QED) is 0.759. The van der Waals surface area contributed by atoms with Crippen molar-refractivity contribution in [3.8, 4) is 11.7 Å². The molecule has 0 aliphatic heterocycles. The van der Waals surface area contributed by atoms with Gasteiger partial charge in [-0.1, -0.05) is 0 Å². The van der Waals surface area contributed by atoms with Crippen molar-refractivity contribution in [1.82, 2.24) is 14.8 Å². The molecule has 2 aliphatic carbocycles. The molecule has 4 rings (SSSR count). The maximum absolute atomic E-state index is 12.3. The van der Waals surface area contributed by atoms with Crippen molar-refractivity contribution in [1.29, 1.82) is 0 Å². The summed E-state index contributed by atoms with van der Waals surface area (Å²) in [4.78, 5) is 16.8. The molecule has 27 heavy (non-hydrogen) atoms. The predicted octanol–water partition coefficient (Wildman–Crippen LogP) is 4.10. The van der Waals surface area contributed by atoms with Gasteiger partial charge in [-0.15, -0.1) is 5.10 Å². The number of aryl methyl sites for hydroxylation is 1. The average molecular weight is 369 g/mol. The van der Waals surface area contributed by atoms with E-state index in [1.54, 1.807) is 23.7 Å². The van der Waals surface area contributed by atoms with E-state index < -0.39 is 5.60 Å². The molecule has 2 saturated carbocycles. The monoisotopic (exact) mass is 369 g/mol. The largest absolute Gasteiger partial charge is 0.473 e. The minimum Gasteiger partial charge on any atom is -0.473 e. The lowest BCUT2D eigenvalue weighted by molar-refractivity contribution is 0.00682. The number of ether oxygens (including phenoxy) is 2. The highest BCUT2D eigenvalue weighted by Gasteiger charge is 2.41. The Bertz CT molecular complexity index is 853. The van der Waals surface area contributed by atoms with Crippen LogP contribution >= 0.6 is 0 Å². The van der Waals surface area contributed by atoms with Gasteiger partial charge in [-0.2, -0.15) is 0 Å². The molecule has 1 unspecified atom stereocenters. The minimum atomic E-state index is -0.532. The molecule has 6 nitrogen and oxygen atoms in total. The molecule has 2 aromatic heterocycles. The molecule has 0 saturated heterocycles. The minimum absolute atomic E-state index is 0.302. The van der Waals surface area contributed by atoms with Crippen LogP contribution in [0.5, 0.6) is 5.88 Å². The van der Waals surface area contributed by atoms with E-state index in [0.29, 0.717) is 35.0 Å². The van der Waals surface area contributed by atoms with Gasteiger partial charge in [-0.25, -0.2) is 14.5 Å². The first-order valence-electron chi connectivity index (χ1n) is 9.72. The first-order valence-corrected chi connectivity index (χ1v) is 9.72. The van der Waals surface area contributed by atoms with Crippen LogP contribution < -0.4 is 4.74 Å². The van der Waals surface area contributed by atoms with Crippen LogP contribution in [-0.4, -0.2) is 32.4 Å². The first kappa shape index (κ1) is 18.0. The molecule has 2 aliphatic rings. The van der Waals surface area contributed by atoms with Crippen LogP contribution in [0.1, 0.15) is 62.5 Å². The van der Waals surface area contributed by atoms with Gasteiger partial charge in [0.25, 0.3) is 0 Å². The summed E-state index contributed by atoms with van der Waals surface area (Å²) in [6.07, 6.45) is 7.24. The Hall–Kier alpha value is -2.37. The molecule has 2 fully saturated rings. The van der Waals surface area contributed by atoms with Crippen molar-refractivity contribution >= 4 is 5.97 Å². The fourth-order valence-electron chi connectivity index (χ4n) is 4.21. The summed E-state index contributed by atoms with van der Waals surface area (Å²) in [6.45, 7) is 7.36. The lowest BCUT2D eigenvalue weighted by atomic mass is 9.98. The van der Waals surface area contributed by atoms with Gasteiger partial charge >= 0.3 is 5.97 Å². The molecule has 0 radical (unpaired) electrons. The highest BCUT2D eigenvalue weighted by atomic mass is 16.6. The molecule has 0 spiro atoms. The number of hydrogen-bond acceptors (Lipinski definition) is 5. The van der Waals surface area contributed by atoms with Crippen molar-refractivity contribution in [2.75, 3.05) is 0 Å². The summed E-state index contributed by atoms with van der Waals surface area (Å²) in [7, 11) is 0. The Labute approximate surface area is 159 Å². The van der Waals surface area contributed by atoms with E-state index in [9.17, 15) is 4.79 Å². The molecule has 6 heteroatoms.